The molecule has 1 aliphatic heterocycles. The summed E-state index contributed by atoms with van der Waals surface area (Å²) in [5.41, 5.74) is 0.884. The van der Waals surface area contributed by atoms with Gasteiger partial charge >= 0.3 is 0 Å². The second-order valence-electron chi connectivity index (χ2n) is 6.10. The molecular weight excluding hydrogens is 320 g/mol. The molecule has 1 aromatic carbocycles. The molecule has 1 aromatic heterocycles. The predicted molar refractivity (Wildman–Crippen MR) is 94.2 cm³/mol. The van der Waals surface area contributed by atoms with E-state index in [1.807, 2.05) is 23.1 Å². The van der Waals surface area contributed by atoms with Gasteiger partial charge in [0.25, 0.3) is 5.56 Å². The van der Waals surface area contributed by atoms with Gasteiger partial charge in [0.05, 0.1) is 14.2 Å². The van der Waals surface area contributed by atoms with Crippen LogP contribution in [0.5, 0.6) is 11.5 Å². The number of methoxy groups -OCH3 is 2. The van der Waals surface area contributed by atoms with Crippen molar-refractivity contribution in [1.29, 1.82) is 0 Å². The van der Waals surface area contributed by atoms with Gasteiger partial charge in [-0.25, -0.2) is 0 Å². The molecule has 0 N–H and O–H groups in total. The molecule has 6 nitrogen and oxygen atoms in total. The first kappa shape index (κ1) is 17.1. The number of carbonyl (C=O) groups is 1. The van der Waals surface area contributed by atoms with Gasteiger partial charge in [0, 0.05) is 36.8 Å². The first-order valence-corrected chi connectivity index (χ1v) is 8.27. The number of ether oxygens (including phenoxy) is 2. The Morgan fingerprint density at radius 2 is 2.04 bits per heavy atom. The molecule has 6 heteroatoms. The van der Waals surface area contributed by atoms with E-state index in [-0.39, 0.29) is 23.9 Å². The van der Waals surface area contributed by atoms with Crippen LogP contribution in [-0.2, 0) is 11.3 Å². The van der Waals surface area contributed by atoms with Crippen molar-refractivity contribution in [3.05, 3.63) is 58.5 Å². The molecule has 0 bridgehead atoms. The van der Waals surface area contributed by atoms with Crippen molar-refractivity contribution in [1.82, 2.24) is 9.47 Å². The van der Waals surface area contributed by atoms with Gasteiger partial charge in [-0.3, -0.25) is 9.59 Å². The lowest BCUT2D eigenvalue weighted by molar-refractivity contribution is -0.130. The van der Waals surface area contributed by atoms with E-state index in [1.165, 1.54) is 10.6 Å². The van der Waals surface area contributed by atoms with Crippen LogP contribution in [0, 0.1) is 0 Å². The standard InChI is InChI=1S/C19H22N2O4/c1-24-15-6-7-17(25-2)16(11-15)14-8-10-21(12-14)19(23)13-20-9-4-3-5-18(20)22/h3-7,9,11,14H,8,10,12-13H2,1-2H3. The number of hydrogen-bond acceptors (Lipinski definition) is 4. The molecule has 2 heterocycles. The van der Waals surface area contributed by atoms with E-state index in [1.54, 1.807) is 32.5 Å². The van der Waals surface area contributed by atoms with Crippen molar-refractivity contribution in [2.75, 3.05) is 27.3 Å². The zero-order valence-corrected chi connectivity index (χ0v) is 14.5. The maximum Gasteiger partial charge on any atom is 0.250 e. The van der Waals surface area contributed by atoms with E-state index in [2.05, 4.69) is 0 Å². The molecule has 0 saturated carbocycles. The summed E-state index contributed by atoms with van der Waals surface area (Å²) in [4.78, 5) is 26.1. The van der Waals surface area contributed by atoms with Crippen LogP contribution in [-0.4, -0.2) is 42.7 Å². The minimum absolute atomic E-state index is 0.0438. The second kappa shape index (κ2) is 7.42. The Kier molecular flexibility index (Phi) is 5.07. The van der Waals surface area contributed by atoms with E-state index in [4.69, 9.17) is 9.47 Å². The lowest BCUT2D eigenvalue weighted by Crippen LogP contribution is -2.34. The molecule has 132 valence electrons. The molecule has 2 aromatic rings. The van der Waals surface area contributed by atoms with E-state index in [0.29, 0.717) is 13.1 Å². The summed E-state index contributed by atoms with van der Waals surface area (Å²) in [6, 6.07) is 10.6. The Balaban J connectivity index is 1.72. The largest absolute Gasteiger partial charge is 0.497 e. The van der Waals surface area contributed by atoms with Gasteiger partial charge in [0.15, 0.2) is 0 Å². The lowest BCUT2D eigenvalue weighted by atomic mass is 9.97. The average molecular weight is 342 g/mol. The van der Waals surface area contributed by atoms with Crippen LogP contribution in [0.2, 0.25) is 0 Å². The SMILES string of the molecule is COc1ccc(OC)c(C2CCN(C(=O)Cn3ccccc3=O)C2)c1. The van der Waals surface area contributed by atoms with Crippen LogP contribution in [0.1, 0.15) is 17.9 Å². The van der Waals surface area contributed by atoms with E-state index in [0.717, 1.165) is 23.5 Å². The number of likely N-dealkylation sites (tertiary alicyclic amines) is 1. The van der Waals surface area contributed by atoms with Crippen LogP contribution in [0.15, 0.2) is 47.4 Å². The first-order valence-electron chi connectivity index (χ1n) is 8.27. The number of benzene rings is 1. The first-order chi connectivity index (χ1) is 12.1. The van der Waals surface area contributed by atoms with Crippen LogP contribution < -0.4 is 15.0 Å². The molecule has 1 saturated heterocycles. The number of hydrogen-bond donors (Lipinski definition) is 0. The van der Waals surface area contributed by atoms with E-state index < -0.39 is 0 Å². The zero-order chi connectivity index (χ0) is 17.8. The third kappa shape index (κ3) is 3.68. The second-order valence-corrected chi connectivity index (χ2v) is 6.10. The summed E-state index contributed by atoms with van der Waals surface area (Å²) < 4.78 is 12.2. The maximum atomic E-state index is 12.5. The van der Waals surface area contributed by atoms with Gasteiger partial charge in [0.1, 0.15) is 18.0 Å². The zero-order valence-electron chi connectivity index (χ0n) is 14.5. The van der Waals surface area contributed by atoms with Crippen LogP contribution in [0.4, 0.5) is 0 Å². The fourth-order valence-corrected chi connectivity index (χ4v) is 3.24. The molecule has 1 aliphatic rings. The van der Waals surface area contributed by atoms with Gasteiger partial charge < -0.3 is 18.9 Å². The van der Waals surface area contributed by atoms with Crippen molar-refractivity contribution in [2.24, 2.45) is 0 Å². The molecule has 1 unspecified atom stereocenters. The van der Waals surface area contributed by atoms with Crippen molar-refractivity contribution in [3.8, 4) is 11.5 Å². The minimum atomic E-state index is -0.166. The fourth-order valence-electron chi connectivity index (χ4n) is 3.24. The molecule has 0 spiro atoms. The maximum absolute atomic E-state index is 12.5. The highest BCUT2D eigenvalue weighted by atomic mass is 16.5. The summed E-state index contributed by atoms with van der Waals surface area (Å²) in [7, 11) is 3.28. The van der Waals surface area contributed by atoms with Gasteiger partial charge in [-0.1, -0.05) is 6.07 Å². The molecule has 1 fully saturated rings. The summed E-state index contributed by atoms with van der Waals surface area (Å²) in [6.07, 6.45) is 2.50. The van der Waals surface area contributed by atoms with Gasteiger partial charge in [-0.2, -0.15) is 0 Å². The molecule has 3 rings (SSSR count). The van der Waals surface area contributed by atoms with Crippen LogP contribution in [0.25, 0.3) is 0 Å². The quantitative estimate of drug-likeness (QED) is 0.832. The molecule has 0 aliphatic carbocycles. The fraction of sp³-hybridized carbons (Fsp3) is 0.368. The Morgan fingerprint density at radius 3 is 2.76 bits per heavy atom. The normalized spacial score (nSPS) is 16.7. The molecule has 1 atom stereocenters. The van der Waals surface area contributed by atoms with Crippen LogP contribution in [0.3, 0.4) is 0 Å². The Hall–Kier alpha value is -2.76. The highest BCUT2D eigenvalue weighted by Gasteiger charge is 2.29. The number of rotatable bonds is 5. The Morgan fingerprint density at radius 1 is 1.20 bits per heavy atom. The highest BCUT2D eigenvalue weighted by Crippen LogP contribution is 2.36. The number of pyridine rings is 1. The van der Waals surface area contributed by atoms with Crippen LogP contribution >= 0.6 is 0 Å². The van der Waals surface area contributed by atoms with E-state index in [9.17, 15) is 9.59 Å². The summed E-state index contributed by atoms with van der Waals surface area (Å²) >= 11 is 0. The van der Waals surface area contributed by atoms with Gasteiger partial charge in [0.2, 0.25) is 5.91 Å². The number of aromatic nitrogens is 1. The highest BCUT2D eigenvalue weighted by molar-refractivity contribution is 5.76. The lowest BCUT2D eigenvalue weighted by Gasteiger charge is -2.19. The monoisotopic (exact) mass is 342 g/mol. The molecule has 1 amide bonds. The Labute approximate surface area is 146 Å². The van der Waals surface area contributed by atoms with Gasteiger partial charge in [-0.15, -0.1) is 0 Å². The summed E-state index contributed by atoms with van der Waals surface area (Å²) in [5, 5.41) is 0. The third-order valence-electron chi connectivity index (χ3n) is 4.62. The topological polar surface area (TPSA) is 60.8 Å². The number of carbonyl (C=O) groups excluding carboxylic acids is 1. The molecule has 25 heavy (non-hydrogen) atoms. The van der Waals surface area contributed by atoms with E-state index >= 15 is 0 Å². The third-order valence-corrected chi connectivity index (χ3v) is 4.62. The van der Waals surface area contributed by atoms with Crippen molar-refractivity contribution < 1.29 is 14.3 Å². The summed E-state index contributed by atoms with van der Waals surface area (Å²) in [5.74, 6) is 1.73. The average Bonchev–Trinajstić information content (AvgIpc) is 3.13. The summed E-state index contributed by atoms with van der Waals surface area (Å²) in [6.45, 7) is 1.36. The smallest absolute Gasteiger partial charge is 0.250 e. The number of nitrogens with zero attached hydrogens (tertiary/aromatic N) is 2. The Bertz CT molecular complexity index is 815. The van der Waals surface area contributed by atoms with Gasteiger partial charge in [-0.05, 0) is 30.7 Å². The predicted octanol–water partition coefficient (Wildman–Crippen LogP) is 1.88. The molecular formula is C19H22N2O4. The van der Waals surface area contributed by atoms with Crippen molar-refractivity contribution >= 4 is 5.91 Å². The number of amides is 1. The molecule has 0 radical (unpaired) electrons. The minimum Gasteiger partial charge on any atom is -0.497 e. The van der Waals surface area contributed by atoms with Crippen molar-refractivity contribution in [2.45, 2.75) is 18.9 Å². The van der Waals surface area contributed by atoms with Crippen molar-refractivity contribution in [3.63, 3.8) is 0 Å².